The molecule has 2 N–H and O–H groups in total. The molecule has 0 aromatic heterocycles. The first-order valence-electron chi connectivity index (χ1n) is 8.61. The SMILES string of the molecule is COc1cc2c(cc1OC)C(=O)N1CC[C@@H](OCC(=O)O)C[C@H]1C(C)N2. The molecule has 1 aromatic carbocycles. The average molecular weight is 364 g/mol. The van der Waals surface area contributed by atoms with Crippen molar-refractivity contribution in [3.63, 3.8) is 0 Å². The average Bonchev–Trinajstić information content (AvgIpc) is 2.74. The first-order valence-corrected chi connectivity index (χ1v) is 8.61. The quantitative estimate of drug-likeness (QED) is 0.819. The molecule has 0 aliphatic carbocycles. The van der Waals surface area contributed by atoms with Crippen LogP contribution in [0.25, 0.3) is 0 Å². The van der Waals surface area contributed by atoms with E-state index in [9.17, 15) is 9.59 Å². The second-order valence-electron chi connectivity index (χ2n) is 6.60. The van der Waals surface area contributed by atoms with Gasteiger partial charge in [-0.2, -0.15) is 0 Å². The van der Waals surface area contributed by atoms with Crippen LogP contribution in [0, 0.1) is 0 Å². The van der Waals surface area contributed by atoms with E-state index >= 15 is 0 Å². The molecule has 142 valence electrons. The lowest BCUT2D eigenvalue weighted by molar-refractivity contribution is -0.145. The number of rotatable bonds is 5. The van der Waals surface area contributed by atoms with Gasteiger partial charge in [0.1, 0.15) is 6.61 Å². The van der Waals surface area contributed by atoms with Crippen LogP contribution in [0.5, 0.6) is 11.5 Å². The number of carboxylic acid groups (broad SMARTS) is 1. The van der Waals surface area contributed by atoms with Gasteiger partial charge >= 0.3 is 5.97 Å². The van der Waals surface area contributed by atoms with Gasteiger partial charge in [-0.3, -0.25) is 4.79 Å². The Labute approximate surface area is 152 Å². The molecular weight excluding hydrogens is 340 g/mol. The van der Waals surface area contributed by atoms with Gasteiger partial charge < -0.3 is 29.5 Å². The summed E-state index contributed by atoms with van der Waals surface area (Å²) in [6.07, 6.45) is 1.04. The van der Waals surface area contributed by atoms with Crippen LogP contribution in [0.2, 0.25) is 0 Å². The number of carbonyl (C=O) groups excluding carboxylic acids is 1. The van der Waals surface area contributed by atoms with Gasteiger partial charge in [0.15, 0.2) is 11.5 Å². The van der Waals surface area contributed by atoms with Crippen molar-refractivity contribution in [1.82, 2.24) is 4.90 Å². The Hall–Kier alpha value is -2.48. The van der Waals surface area contributed by atoms with E-state index in [-0.39, 0.29) is 30.7 Å². The van der Waals surface area contributed by atoms with Crippen molar-refractivity contribution >= 4 is 17.6 Å². The lowest BCUT2D eigenvalue weighted by Gasteiger charge is -2.40. The standard InChI is InChI=1S/C18H24N2O6/c1-10-14-6-11(26-9-17(21)22)4-5-20(14)18(23)12-7-15(24-2)16(25-3)8-13(12)19-10/h7-8,10-11,14,19H,4-6,9H2,1-3H3,(H,21,22)/t10?,11-,14+/m1/s1. The van der Waals surface area contributed by atoms with Gasteiger partial charge in [0.25, 0.3) is 5.91 Å². The number of hydrogen-bond acceptors (Lipinski definition) is 6. The van der Waals surface area contributed by atoms with Gasteiger partial charge in [-0.1, -0.05) is 0 Å². The number of nitrogens with one attached hydrogen (secondary N) is 1. The largest absolute Gasteiger partial charge is 0.493 e. The zero-order chi connectivity index (χ0) is 18.8. The van der Waals surface area contributed by atoms with Gasteiger partial charge in [0.2, 0.25) is 0 Å². The fraction of sp³-hybridized carbons (Fsp3) is 0.556. The van der Waals surface area contributed by atoms with Crippen molar-refractivity contribution in [3.8, 4) is 11.5 Å². The zero-order valence-corrected chi connectivity index (χ0v) is 15.2. The summed E-state index contributed by atoms with van der Waals surface area (Å²) in [5, 5.41) is 12.2. The van der Waals surface area contributed by atoms with E-state index < -0.39 is 5.97 Å². The van der Waals surface area contributed by atoms with Crippen molar-refractivity contribution in [2.24, 2.45) is 0 Å². The predicted molar refractivity (Wildman–Crippen MR) is 94.1 cm³/mol. The maximum atomic E-state index is 13.1. The van der Waals surface area contributed by atoms with E-state index in [0.29, 0.717) is 42.1 Å². The van der Waals surface area contributed by atoms with Gasteiger partial charge in [-0.25, -0.2) is 4.79 Å². The number of nitrogens with zero attached hydrogens (tertiary/aromatic N) is 1. The minimum Gasteiger partial charge on any atom is -0.493 e. The molecule has 1 saturated heterocycles. The highest BCUT2D eigenvalue weighted by molar-refractivity contribution is 6.01. The fourth-order valence-electron chi connectivity index (χ4n) is 3.70. The topological polar surface area (TPSA) is 97.3 Å². The van der Waals surface area contributed by atoms with E-state index in [0.717, 1.165) is 0 Å². The molecular formula is C18H24N2O6. The Kier molecular flexibility index (Phi) is 5.22. The van der Waals surface area contributed by atoms with Crippen molar-refractivity contribution in [2.45, 2.75) is 38.0 Å². The number of hydrogen-bond donors (Lipinski definition) is 2. The molecule has 1 unspecified atom stereocenters. The molecule has 0 bridgehead atoms. The summed E-state index contributed by atoms with van der Waals surface area (Å²) < 4.78 is 16.1. The smallest absolute Gasteiger partial charge is 0.329 e. The molecule has 3 atom stereocenters. The molecule has 26 heavy (non-hydrogen) atoms. The van der Waals surface area contributed by atoms with Crippen LogP contribution in [0.4, 0.5) is 5.69 Å². The van der Waals surface area contributed by atoms with Crippen LogP contribution in [-0.4, -0.2) is 67.4 Å². The van der Waals surface area contributed by atoms with Gasteiger partial charge in [-0.05, 0) is 25.8 Å². The Bertz CT molecular complexity index is 707. The van der Waals surface area contributed by atoms with E-state index in [4.69, 9.17) is 19.3 Å². The van der Waals surface area contributed by atoms with Crippen molar-refractivity contribution in [1.29, 1.82) is 0 Å². The van der Waals surface area contributed by atoms with E-state index in [1.54, 1.807) is 19.2 Å². The lowest BCUT2D eigenvalue weighted by Crippen LogP contribution is -2.53. The summed E-state index contributed by atoms with van der Waals surface area (Å²) in [4.78, 5) is 25.7. The van der Waals surface area contributed by atoms with Crippen LogP contribution in [0.1, 0.15) is 30.1 Å². The molecule has 1 amide bonds. The molecule has 1 aromatic rings. The third-order valence-corrected chi connectivity index (χ3v) is 5.01. The highest BCUT2D eigenvalue weighted by atomic mass is 16.5. The van der Waals surface area contributed by atoms with Crippen LogP contribution in [0.15, 0.2) is 12.1 Å². The van der Waals surface area contributed by atoms with Crippen LogP contribution in [-0.2, 0) is 9.53 Å². The van der Waals surface area contributed by atoms with Gasteiger partial charge in [-0.15, -0.1) is 0 Å². The summed E-state index contributed by atoms with van der Waals surface area (Å²) in [5.74, 6) is 0.00935. The van der Waals surface area contributed by atoms with Gasteiger partial charge in [0, 0.05) is 18.7 Å². The normalized spacial score (nSPS) is 24.8. The van der Waals surface area contributed by atoms with E-state index in [1.165, 1.54) is 7.11 Å². The van der Waals surface area contributed by atoms with Crippen molar-refractivity contribution in [3.05, 3.63) is 17.7 Å². The second-order valence-corrected chi connectivity index (χ2v) is 6.60. The number of carboxylic acids is 1. The van der Waals surface area contributed by atoms with E-state index in [1.807, 2.05) is 11.8 Å². The number of fused-ring (bicyclic) bond motifs is 2. The van der Waals surface area contributed by atoms with Gasteiger partial charge in [0.05, 0.1) is 37.6 Å². The summed E-state index contributed by atoms with van der Waals surface area (Å²) >= 11 is 0. The number of aliphatic carboxylic acids is 1. The minimum atomic E-state index is -0.984. The highest BCUT2D eigenvalue weighted by Crippen LogP contribution is 2.38. The summed E-state index contributed by atoms with van der Waals surface area (Å²) in [7, 11) is 3.09. The Morgan fingerprint density at radius 3 is 2.65 bits per heavy atom. The number of carbonyl (C=O) groups is 2. The molecule has 0 spiro atoms. The molecule has 1 fully saturated rings. The number of anilines is 1. The molecule has 2 aliphatic heterocycles. The molecule has 2 heterocycles. The Morgan fingerprint density at radius 1 is 1.31 bits per heavy atom. The molecule has 2 aliphatic rings. The number of ether oxygens (including phenoxy) is 3. The van der Waals surface area contributed by atoms with Crippen LogP contribution >= 0.6 is 0 Å². The molecule has 8 heteroatoms. The van der Waals surface area contributed by atoms with E-state index in [2.05, 4.69) is 5.32 Å². The predicted octanol–water partition coefficient (Wildman–Crippen LogP) is 1.59. The van der Waals surface area contributed by atoms with Crippen molar-refractivity contribution < 1.29 is 28.9 Å². The third-order valence-electron chi connectivity index (χ3n) is 5.01. The molecule has 8 nitrogen and oxygen atoms in total. The van der Waals surface area contributed by atoms with Crippen LogP contribution < -0.4 is 14.8 Å². The number of piperidine rings is 1. The van der Waals surface area contributed by atoms with Crippen molar-refractivity contribution in [2.75, 3.05) is 32.7 Å². The number of methoxy groups -OCH3 is 2. The fourth-order valence-corrected chi connectivity index (χ4v) is 3.70. The molecule has 0 radical (unpaired) electrons. The maximum absolute atomic E-state index is 13.1. The minimum absolute atomic E-state index is 0.0190. The zero-order valence-electron chi connectivity index (χ0n) is 15.2. The summed E-state index contributed by atoms with van der Waals surface area (Å²) in [6.45, 7) is 2.21. The monoisotopic (exact) mass is 364 g/mol. The first kappa shape index (κ1) is 18.3. The summed E-state index contributed by atoms with van der Waals surface area (Å²) in [6, 6.07) is 3.37. The molecule has 0 saturated carbocycles. The summed E-state index contributed by atoms with van der Waals surface area (Å²) in [5.41, 5.74) is 1.25. The molecule has 3 rings (SSSR count). The maximum Gasteiger partial charge on any atom is 0.329 e. The Morgan fingerprint density at radius 2 is 2.00 bits per heavy atom. The van der Waals surface area contributed by atoms with Crippen LogP contribution in [0.3, 0.4) is 0 Å². The second kappa shape index (κ2) is 7.41. The highest BCUT2D eigenvalue weighted by Gasteiger charge is 2.39. The number of benzene rings is 1. The Balaban J connectivity index is 1.87. The number of amides is 1. The first-order chi connectivity index (χ1) is 12.4. The lowest BCUT2D eigenvalue weighted by atomic mass is 9.94. The third kappa shape index (κ3) is 3.41.